The van der Waals surface area contributed by atoms with Crippen molar-refractivity contribution in [1.82, 2.24) is 10.2 Å². The Bertz CT molecular complexity index is 346. The summed E-state index contributed by atoms with van der Waals surface area (Å²) in [6.45, 7) is 10.2. The van der Waals surface area contributed by atoms with Crippen molar-refractivity contribution in [2.24, 2.45) is 0 Å². The van der Waals surface area contributed by atoms with Gasteiger partial charge in [0.2, 0.25) is 0 Å². The first kappa shape index (κ1) is 16.7. The molecule has 2 aliphatic rings. The maximum atomic E-state index is 12.2. The van der Waals surface area contributed by atoms with Gasteiger partial charge < -0.3 is 9.47 Å². The van der Waals surface area contributed by atoms with E-state index in [1.165, 1.54) is 12.8 Å². The predicted octanol–water partition coefficient (Wildman–Crippen LogP) is 1.56. The summed E-state index contributed by atoms with van der Waals surface area (Å²) in [5.74, 6) is -0.104. The Kier molecular flexibility index (Phi) is 6.02. The van der Waals surface area contributed by atoms with Crippen LogP contribution in [0, 0.1) is 0 Å². The van der Waals surface area contributed by atoms with Gasteiger partial charge in [0.05, 0.1) is 19.3 Å². The van der Waals surface area contributed by atoms with Gasteiger partial charge in [-0.05, 0) is 53.0 Å². The molecule has 0 aromatic rings. The molecular formula is C16H30N2O3. The maximum absolute atomic E-state index is 12.2. The molecule has 1 saturated heterocycles. The van der Waals surface area contributed by atoms with Crippen LogP contribution in [0.1, 0.15) is 46.5 Å². The highest BCUT2D eigenvalue weighted by atomic mass is 16.5. The summed E-state index contributed by atoms with van der Waals surface area (Å²) in [4.78, 5) is 14.7. The first-order valence-electron chi connectivity index (χ1n) is 8.32. The monoisotopic (exact) mass is 298 g/mol. The lowest BCUT2D eigenvalue weighted by atomic mass is 9.95. The SMILES string of the molecule is CCOC(=O)C(C)(CCCN1CCOC(C)C1)NC1CC1. The summed E-state index contributed by atoms with van der Waals surface area (Å²) in [6.07, 6.45) is 4.50. The van der Waals surface area contributed by atoms with Crippen molar-refractivity contribution in [2.75, 3.05) is 32.8 Å². The quantitative estimate of drug-likeness (QED) is 0.689. The van der Waals surface area contributed by atoms with Crippen LogP contribution >= 0.6 is 0 Å². The topological polar surface area (TPSA) is 50.8 Å². The van der Waals surface area contributed by atoms with Gasteiger partial charge in [-0.15, -0.1) is 0 Å². The molecule has 0 amide bonds. The standard InChI is InChI=1S/C16H30N2O3/c1-4-20-15(19)16(3,17-14-6-7-14)8-5-9-18-10-11-21-13(2)12-18/h13-14,17H,4-12H2,1-3H3. The number of morpholine rings is 1. The molecule has 2 unspecified atom stereocenters. The van der Waals surface area contributed by atoms with E-state index >= 15 is 0 Å². The second-order valence-electron chi connectivity index (χ2n) is 6.56. The van der Waals surface area contributed by atoms with E-state index in [0.717, 1.165) is 39.1 Å². The summed E-state index contributed by atoms with van der Waals surface area (Å²) in [5, 5.41) is 3.48. The predicted molar refractivity (Wildman–Crippen MR) is 82.3 cm³/mol. The number of esters is 1. The van der Waals surface area contributed by atoms with E-state index in [1.54, 1.807) is 0 Å². The summed E-state index contributed by atoms with van der Waals surface area (Å²) >= 11 is 0. The zero-order valence-corrected chi connectivity index (χ0v) is 13.7. The Morgan fingerprint density at radius 3 is 2.86 bits per heavy atom. The molecular weight excluding hydrogens is 268 g/mol. The van der Waals surface area contributed by atoms with Crippen LogP contribution in [-0.2, 0) is 14.3 Å². The first-order valence-corrected chi connectivity index (χ1v) is 8.32. The lowest BCUT2D eigenvalue weighted by molar-refractivity contribution is -0.151. The minimum absolute atomic E-state index is 0.104. The smallest absolute Gasteiger partial charge is 0.326 e. The zero-order chi connectivity index (χ0) is 15.3. The minimum Gasteiger partial charge on any atom is -0.465 e. The number of carbonyl (C=O) groups excluding carboxylic acids is 1. The second-order valence-corrected chi connectivity index (χ2v) is 6.56. The average Bonchev–Trinajstić information content (AvgIpc) is 3.23. The van der Waals surface area contributed by atoms with E-state index < -0.39 is 5.54 Å². The molecule has 1 saturated carbocycles. The minimum atomic E-state index is -0.533. The highest BCUT2D eigenvalue weighted by molar-refractivity contribution is 5.80. The molecule has 0 aromatic carbocycles. The highest BCUT2D eigenvalue weighted by Gasteiger charge is 2.39. The number of ether oxygens (including phenoxy) is 2. The second kappa shape index (κ2) is 7.56. The average molecular weight is 298 g/mol. The normalized spacial score (nSPS) is 26.3. The molecule has 2 rings (SSSR count). The summed E-state index contributed by atoms with van der Waals surface area (Å²) in [5.41, 5.74) is -0.533. The van der Waals surface area contributed by atoms with Crippen LogP contribution in [0.2, 0.25) is 0 Å². The fourth-order valence-electron chi connectivity index (χ4n) is 2.95. The molecule has 5 heteroatoms. The van der Waals surface area contributed by atoms with E-state index in [1.807, 2.05) is 13.8 Å². The molecule has 5 nitrogen and oxygen atoms in total. The Balaban J connectivity index is 1.79. The number of hydrogen-bond donors (Lipinski definition) is 1. The zero-order valence-electron chi connectivity index (χ0n) is 13.7. The molecule has 1 N–H and O–H groups in total. The number of hydrogen-bond acceptors (Lipinski definition) is 5. The Morgan fingerprint density at radius 2 is 2.24 bits per heavy atom. The fourth-order valence-corrected chi connectivity index (χ4v) is 2.95. The van der Waals surface area contributed by atoms with Crippen LogP contribution in [0.25, 0.3) is 0 Å². The van der Waals surface area contributed by atoms with Crippen LogP contribution in [0.15, 0.2) is 0 Å². The Morgan fingerprint density at radius 1 is 1.48 bits per heavy atom. The van der Waals surface area contributed by atoms with Crippen LogP contribution in [-0.4, -0.2) is 61.4 Å². The van der Waals surface area contributed by atoms with Crippen molar-refractivity contribution in [1.29, 1.82) is 0 Å². The van der Waals surface area contributed by atoms with Crippen molar-refractivity contribution in [3.05, 3.63) is 0 Å². The Hall–Kier alpha value is -0.650. The van der Waals surface area contributed by atoms with Crippen LogP contribution in [0.5, 0.6) is 0 Å². The maximum Gasteiger partial charge on any atom is 0.326 e. The van der Waals surface area contributed by atoms with Gasteiger partial charge in [0.1, 0.15) is 5.54 Å². The lowest BCUT2D eigenvalue weighted by Crippen LogP contribution is -2.52. The fraction of sp³-hybridized carbons (Fsp3) is 0.938. The molecule has 2 fully saturated rings. The van der Waals surface area contributed by atoms with Crippen LogP contribution in [0.4, 0.5) is 0 Å². The van der Waals surface area contributed by atoms with Crippen molar-refractivity contribution in [3.8, 4) is 0 Å². The van der Waals surface area contributed by atoms with Gasteiger partial charge in [-0.1, -0.05) is 0 Å². The van der Waals surface area contributed by atoms with Gasteiger partial charge in [-0.3, -0.25) is 15.0 Å². The van der Waals surface area contributed by atoms with Crippen molar-refractivity contribution in [3.63, 3.8) is 0 Å². The van der Waals surface area contributed by atoms with E-state index in [2.05, 4.69) is 17.1 Å². The Labute approximate surface area is 128 Å². The van der Waals surface area contributed by atoms with Gasteiger partial charge in [0.25, 0.3) is 0 Å². The van der Waals surface area contributed by atoms with Crippen molar-refractivity contribution >= 4 is 5.97 Å². The van der Waals surface area contributed by atoms with E-state index in [9.17, 15) is 4.79 Å². The molecule has 2 atom stereocenters. The number of carbonyl (C=O) groups is 1. The van der Waals surface area contributed by atoms with Crippen LogP contribution in [0.3, 0.4) is 0 Å². The molecule has 1 aliphatic heterocycles. The number of rotatable bonds is 8. The molecule has 122 valence electrons. The van der Waals surface area contributed by atoms with E-state index in [4.69, 9.17) is 9.47 Å². The molecule has 1 heterocycles. The molecule has 0 aromatic heterocycles. The third-order valence-electron chi connectivity index (χ3n) is 4.30. The van der Waals surface area contributed by atoms with E-state index in [-0.39, 0.29) is 5.97 Å². The molecule has 21 heavy (non-hydrogen) atoms. The summed E-state index contributed by atoms with van der Waals surface area (Å²) < 4.78 is 10.8. The largest absolute Gasteiger partial charge is 0.465 e. The third-order valence-corrected chi connectivity index (χ3v) is 4.30. The van der Waals surface area contributed by atoms with Gasteiger partial charge in [-0.25, -0.2) is 0 Å². The van der Waals surface area contributed by atoms with E-state index in [0.29, 0.717) is 18.8 Å². The highest BCUT2D eigenvalue weighted by Crippen LogP contribution is 2.26. The molecule has 0 spiro atoms. The molecule has 0 radical (unpaired) electrons. The van der Waals surface area contributed by atoms with Gasteiger partial charge in [0, 0.05) is 19.1 Å². The number of nitrogens with zero attached hydrogens (tertiary/aromatic N) is 1. The van der Waals surface area contributed by atoms with Gasteiger partial charge in [-0.2, -0.15) is 0 Å². The van der Waals surface area contributed by atoms with Crippen molar-refractivity contribution in [2.45, 2.75) is 64.1 Å². The third kappa shape index (κ3) is 5.24. The van der Waals surface area contributed by atoms with Crippen LogP contribution < -0.4 is 5.32 Å². The summed E-state index contributed by atoms with van der Waals surface area (Å²) in [6, 6.07) is 0.503. The van der Waals surface area contributed by atoms with Gasteiger partial charge in [0.15, 0.2) is 0 Å². The first-order chi connectivity index (χ1) is 10.0. The summed E-state index contributed by atoms with van der Waals surface area (Å²) in [7, 11) is 0. The van der Waals surface area contributed by atoms with Gasteiger partial charge >= 0.3 is 5.97 Å². The number of nitrogens with one attached hydrogen (secondary N) is 1. The molecule has 1 aliphatic carbocycles. The molecule has 0 bridgehead atoms. The lowest BCUT2D eigenvalue weighted by Gasteiger charge is -2.33. The van der Waals surface area contributed by atoms with Crippen molar-refractivity contribution < 1.29 is 14.3 Å².